The molecule has 0 N–H and O–H groups in total. The Morgan fingerprint density at radius 1 is 1.50 bits per heavy atom. The SMILES string of the molecule is COC(=O)C1CN(CC2CCOC2)CC1C. The van der Waals surface area contributed by atoms with E-state index in [4.69, 9.17) is 9.47 Å². The molecule has 2 rings (SSSR count). The maximum Gasteiger partial charge on any atom is 0.310 e. The second-order valence-corrected chi connectivity index (χ2v) is 5.06. The molecular weight excluding hydrogens is 206 g/mol. The average Bonchev–Trinajstić information content (AvgIpc) is 2.88. The van der Waals surface area contributed by atoms with Crippen molar-refractivity contribution in [1.29, 1.82) is 0 Å². The molecule has 3 atom stereocenters. The number of methoxy groups -OCH3 is 1. The van der Waals surface area contributed by atoms with Crippen molar-refractivity contribution in [2.24, 2.45) is 17.8 Å². The number of likely N-dealkylation sites (tertiary alicyclic amines) is 1. The van der Waals surface area contributed by atoms with Crippen molar-refractivity contribution in [1.82, 2.24) is 4.90 Å². The molecule has 0 amide bonds. The highest BCUT2D eigenvalue weighted by Crippen LogP contribution is 2.26. The molecule has 92 valence electrons. The van der Waals surface area contributed by atoms with Crippen molar-refractivity contribution in [3.8, 4) is 0 Å². The fraction of sp³-hybridized carbons (Fsp3) is 0.917. The third-order valence-electron chi connectivity index (χ3n) is 3.73. The fourth-order valence-corrected chi connectivity index (χ4v) is 2.77. The van der Waals surface area contributed by atoms with Crippen LogP contribution in [0.4, 0.5) is 0 Å². The van der Waals surface area contributed by atoms with Gasteiger partial charge < -0.3 is 14.4 Å². The molecule has 0 aromatic heterocycles. The van der Waals surface area contributed by atoms with Crippen LogP contribution in [0.25, 0.3) is 0 Å². The van der Waals surface area contributed by atoms with Gasteiger partial charge in [0.2, 0.25) is 0 Å². The second-order valence-electron chi connectivity index (χ2n) is 5.06. The summed E-state index contributed by atoms with van der Waals surface area (Å²) in [6.45, 7) is 6.84. The first kappa shape index (κ1) is 11.9. The van der Waals surface area contributed by atoms with E-state index in [2.05, 4.69) is 11.8 Å². The normalized spacial score (nSPS) is 35.5. The van der Waals surface area contributed by atoms with Crippen molar-refractivity contribution in [2.75, 3.05) is 40.0 Å². The third-order valence-corrected chi connectivity index (χ3v) is 3.73. The van der Waals surface area contributed by atoms with Gasteiger partial charge >= 0.3 is 5.97 Å². The number of ether oxygens (including phenoxy) is 2. The van der Waals surface area contributed by atoms with Crippen molar-refractivity contribution < 1.29 is 14.3 Å². The van der Waals surface area contributed by atoms with E-state index in [0.717, 1.165) is 39.3 Å². The van der Waals surface area contributed by atoms with E-state index in [1.54, 1.807) is 0 Å². The Kier molecular flexibility index (Phi) is 3.82. The van der Waals surface area contributed by atoms with E-state index in [1.807, 2.05) is 0 Å². The molecular formula is C12H21NO3. The van der Waals surface area contributed by atoms with E-state index in [9.17, 15) is 4.79 Å². The Morgan fingerprint density at radius 2 is 2.31 bits per heavy atom. The Morgan fingerprint density at radius 3 is 2.94 bits per heavy atom. The summed E-state index contributed by atoms with van der Waals surface area (Å²) in [4.78, 5) is 13.9. The maximum absolute atomic E-state index is 11.5. The highest BCUT2D eigenvalue weighted by Gasteiger charge is 2.36. The Hall–Kier alpha value is -0.610. The van der Waals surface area contributed by atoms with Crippen molar-refractivity contribution in [2.45, 2.75) is 13.3 Å². The highest BCUT2D eigenvalue weighted by atomic mass is 16.5. The number of rotatable bonds is 3. The number of hydrogen-bond donors (Lipinski definition) is 0. The van der Waals surface area contributed by atoms with Crippen LogP contribution in [0.1, 0.15) is 13.3 Å². The number of nitrogens with zero attached hydrogens (tertiary/aromatic N) is 1. The fourth-order valence-electron chi connectivity index (χ4n) is 2.77. The van der Waals surface area contributed by atoms with Gasteiger partial charge in [0, 0.05) is 26.2 Å². The van der Waals surface area contributed by atoms with E-state index < -0.39 is 0 Å². The zero-order valence-corrected chi connectivity index (χ0v) is 10.1. The lowest BCUT2D eigenvalue weighted by Gasteiger charge is -2.18. The summed E-state index contributed by atoms with van der Waals surface area (Å²) in [5.74, 6) is 1.07. The van der Waals surface area contributed by atoms with Crippen LogP contribution in [-0.2, 0) is 14.3 Å². The standard InChI is InChI=1S/C12H21NO3/c1-9-5-13(6-10-3-4-16-8-10)7-11(9)12(14)15-2/h9-11H,3-8H2,1-2H3. The lowest BCUT2D eigenvalue weighted by atomic mass is 9.99. The van der Waals surface area contributed by atoms with E-state index in [-0.39, 0.29) is 11.9 Å². The zero-order chi connectivity index (χ0) is 11.5. The van der Waals surface area contributed by atoms with Crippen molar-refractivity contribution in [3.05, 3.63) is 0 Å². The molecule has 3 unspecified atom stereocenters. The molecule has 2 aliphatic rings. The van der Waals surface area contributed by atoms with Gasteiger partial charge in [0.05, 0.1) is 19.6 Å². The third kappa shape index (κ3) is 2.55. The Bertz CT molecular complexity index is 251. The minimum absolute atomic E-state index is 0.0577. The maximum atomic E-state index is 11.5. The van der Waals surface area contributed by atoms with Crippen molar-refractivity contribution in [3.63, 3.8) is 0 Å². The van der Waals surface area contributed by atoms with E-state index in [0.29, 0.717) is 11.8 Å². The van der Waals surface area contributed by atoms with E-state index >= 15 is 0 Å². The molecule has 0 aromatic rings. The first-order valence-electron chi connectivity index (χ1n) is 6.08. The molecule has 4 heteroatoms. The smallest absolute Gasteiger partial charge is 0.310 e. The molecule has 0 radical (unpaired) electrons. The number of hydrogen-bond acceptors (Lipinski definition) is 4. The summed E-state index contributed by atoms with van der Waals surface area (Å²) < 4.78 is 10.2. The van der Waals surface area contributed by atoms with Crippen LogP contribution in [-0.4, -0.2) is 50.8 Å². The van der Waals surface area contributed by atoms with Gasteiger partial charge in [-0.15, -0.1) is 0 Å². The number of esters is 1. The summed E-state index contributed by atoms with van der Waals surface area (Å²) in [5, 5.41) is 0. The molecule has 2 heterocycles. The summed E-state index contributed by atoms with van der Waals surface area (Å²) >= 11 is 0. The van der Waals surface area contributed by atoms with Crippen LogP contribution in [0.2, 0.25) is 0 Å². The van der Waals surface area contributed by atoms with Crippen LogP contribution >= 0.6 is 0 Å². The molecule has 0 saturated carbocycles. The van der Waals surface area contributed by atoms with Gasteiger partial charge in [-0.2, -0.15) is 0 Å². The molecule has 0 aliphatic carbocycles. The summed E-state index contributed by atoms with van der Waals surface area (Å²) in [6, 6.07) is 0. The molecule has 0 bridgehead atoms. The summed E-state index contributed by atoms with van der Waals surface area (Å²) in [6.07, 6.45) is 1.16. The highest BCUT2D eigenvalue weighted by molar-refractivity contribution is 5.73. The van der Waals surface area contributed by atoms with Gasteiger partial charge in [0.1, 0.15) is 0 Å². The number of carbonyl (C=O) groups excluding carboxylic acids is 1. The minimum Gasteiger partial charge on any atom is -0.469 e. The quantitative estimate of drug-likeness (QED) is 0.667. The Labute approximate surface area is 96.9 Å². The van der Waals surface area contributed by atoms with Gasteiger partial charge in [-0.3, -0.25) is 4.79 Å². The zero-order valence-electron chi connectivity index (χ0n) is 10.1. The van der Waals surface area contributed by atoms with Crippen LogP contribution in [0.15, 0.2) is 0 Å². The molecule has 2 aliphatic heterocycles. The topological polar surface area (TPSA) is 38.8 Å². The molecule has 0 aromatic carbocycles. The predicted molar refractivity (Wildman–Crippen MR) is 60.0 cm³/mol. The van der Waals surface area contributed by atoms with Gasteiger partial charge in [0.25, 0.3) is 0 Å². The Balaban J connectivity index is 1.83. The van der Waals surface area contributed by atoms with Crippen LogP contribution in [0, 0.1) is 17.8 Å². The first-order valence-corrected chi connectivity index (χ1v) is 6.08. The second kappa shape index (κ2) is 5.15. The van der Waals surface area contributed by atoms with E-state index in [1.165, 1.54) is 7.11 Å². The summed E-state index contributed by atoms with van der Waals surface area (Å²) in [5.41, 5.74) is 0. The van der Waals surface area contributed by atoms with Crippen LogP contribution in [0.5, 0.6) is 0 Å². The van der Waals surface area contributed by atoms with Gasteiger partial charge in [-0.1, -0.05) is 6.92 Å². The predicted octanol–water partition coefficient (Wildman–Crippen LogP) is 0.764. The molecule has 2 saturated heterocycles. The molecule has 2 fully saturated rings. The molecule has 16 heavy (non-hydrogen) atoms. The lowest BCUT2D eigenvalue weighted by Crippen LogP contribution is -2.29. The largest absolute Gasteiger partial charge is 0.469 e. The number of carbonyl (C=O) groups is 1. The van der Waals surface area contributed by atoms with Crippen molar-refractivity contribution >= 4 is 5.97 Å². The van der Waals surface area contributed by atoms with Gasteiger partial charge in [0.15, 0.2) is 0 Å². The first-order chi connectivity index (χ1) is 7.70. The van der Waals surface area contributed by atoms with Gasteiger partial charge in [-0.25, -0.2) is 0 Å². The molecule has 4 nitrogen and oxygen atoms in total. The minimum atomic E-state index is -0.0577. The van der Waals surface area contributed by atoms with Crippen LogP contribution in [0.3, 0.4) is 0 Å². The lowest BCUT2D eigenvalue weighted by molar-refractivity contribution is -0.146. The molecule has 0 spiro atoms. The van der Waals surface area contributed by atoms with Gasteiger partial charge in [-0.05, 0) is 18.3 Å². The van der Waals surface area contributed by atoms with Crippen LogP contribution < -0.4 is 0 Å². The summed E-state index contributed by atoms with van der Waals surface area (Å²) in [7, 11) is 1.47. The monoisotopic (exact) mass is 227 g/mol. The average molecular weight is 227 g/mol.